The molecule has 0 saturated heterocycles. The van der Waals surface area contributed by atoms with Gasteiger partial charge in [-0.15, -0.1) is 41.5 Å². The average Bonchev–Trinajstić information content (AvgIpc) is 3.89. The normalized spacial score (nSPS) is 13.0. The van der Waals surface area contributed by atoms with Gasteiger partial charge in [0.2, 0.25) is 0 Å². The van der Waals surface area contributed by atoms with Crippen LogP contribution >= 0.6 is 0 Å². The number of imidazole rings is 1. The van der Waals surface area contributed by atoms with Gasteiger partial charge in [0.1, 0.15) is 0 Å². The van der Waals surface area contributed by atoms with Crippen molar-refractivity contribution in [2.45, 2.75) is 13.7 Å². The Hall–Kier alpha value is -6.39. The van der Waals surface area contributed by atoms with Crippen LogP contribution in [-0.4, -0.2) is 14.5 Å². The van der Waals surface area contributed by atoms with Crippen LogP contribution in [0.4, 0.5) is 0 Å². The molecule has 7 aromatic carbocycles. The van der Waals surface area contributed by atoms with E-state index in [0.717, 1.165) is 72.1 Å². The molecule has 0 aliphatic heterocycles. The first kappa shape index (κ1) is 29.0. The monoisotopic (exact) mass is 892 g/mol. The van der Waals surface area contributed by atoms with Crippen LogP contribution in [0.2, 0.25) is 0 Å². The molecule has 0 unspecified atom stereocenters. The van der Waals surface area contributed by atoms with Crippen molar-refractivity contribution >= 4 is 32.8 Å². The summed E-state index contributed by atoms with van der Waals surface area (Å²) in [5, 5.41) is 3.20. The van der Waals surface area contributed by atoms with E-state index in [1.807, 2.05) is 18.2 Å². The standard InChI is InChI=1S/C37H23N2O.C13H12N.Ir/c1-3-12-25(13-4-1)28-18-11-19-29(26-14-5-2-6-15-26)35(28)39-34-21-10-9-20-33(34)38-37(39)32-24-40-36-30-17-8-7-16-27(30)22-23-31(32)36;1-10-3-6-12(7-4-10)13-8-5-11(2)9-14-13;/h1-23H;3-6,8-9H,1-2H3;/q2*-1;/i;1D3,2D3;. The first-order valence-electron chi connectivity index (χ1n) is 20.6. The number of fused-ring (bicyclic) bond motifs is 4. The summed E-state index contributed by atoms with van der Waals surface area (Å²) in [4.78, 5) is 9.28. The van der Waals surface area contributed by atoms with Gasteiger partial charge < -0.3 is 14.0 Å². The number of hydrogen-bond donors (Lipinski definition) is 0. The first-order chi connectivity index (χ1) is 29.0. The number of benzene rings is 7. The van der Waals surface area contributed by atoms with Crippen molar-refractivity contribution < 1.29 is 32.7 Å². The third kappa shape index (κ3) is 6.92. The summed E-state index contributed by atoms with van der Waals surface area (Å²) in [6.07, 6.45) is 4.55. The van der Waals surface area contributed by atoms with Gasteiger partial charge in [0.15, 0.2) is 0 Å². The van der Waals surface area contributed by atoms with Crippen LogP contribution in [0.1, 0.15) is 19.4 Å². The minimum absolute atomic E-state index is 0. The van der Waals surface area contributed by atoms with Crippen molar-refractivity contribution in [2.24, 2.45) is 0 Å². The van der Waals surface area contributed by atoms with Gasteiger partial charge in [-0.05, 0) is 52.1 Å². The molecule has 5 heteroatoms. The van der Waals surface area contributed by atoms with E-state index >= 15 is 0 Å². The molecule has 10 aromatic rings. The molecule has 0 aliphatic rings. The number of pyridine rings is 1. The summed E-state index contributed by atoms with van der Waals surface area (Å²) < 4.78 is 52.1. The molecular weight excluding hydrogens is 851 g/mol. The molecule has 55 heavy (non-hydrogen) atoms. The number of para-hydroxylation sites is 3. The second-order valence-electron chi connectivity index (χ2n) is 12.9. The first-order valence-corrected chi connectivity index (χ1v) is 17.6. The molecule has 0 spiro atoms. The fourth-order valence-electron chi connectivity index (χ4n) is 6.92. The Bertz CT molecular complexity index is 2990. The van der Waals surface area contributed by atoms with Crippen LogP contribution in [0.25, 0.3) is 83.4 Å². The molecule has 3 aromatic heterocycles. The molecular formula is C50H35IrN3O-2. The van der Waals surface area contributed by atoms with Gasteiger partial charge in [-0.25, -0.2) is 0 Å². The molecule has 0 N–H and O–H groups in total. The molecule has 10 rings (SSSR count). The van der Waals surface area contributed by atoms with Crippen LogP contribution in [0.5, 0.6) is 0 Å². The van der Waals surface area contributed by atoms with E-state index in [2.05, 4.69) is 143 Å². The molecule has 267 valence electrons. The van der Waals surface area contributed by atoms with Crippen molar-refractivity contribution in [1.82, 2.24) is 14.5 Å². The van der Waals surface area contributed by atoms with E-state index < -0.39 is 13.7 Å². The summed E-state index contributed by atoms with van der Waals surface area (Å²) in [5.41, 5.74) is 10.8. The molecule has 0 bridgehead atoms. The van der Waals surface area contributed by atoms with Gasteiger partial charge >= 0.3 is 0 Å². The summed E-state index contributed by atoms with van der Waals surface area (Å²) >= 11 is 0. The number of hydrogen-bond acceptors (Lipinski definition) is 3. The molecule has 0 saturated carbocycles. The Morgan fingerprint density at radius 3 is 2.00 bits per heavy atom. The fourth-order valence-corrected chi connectivity index (χ4v) is 6.92. The molecule has 0 aliphatic carbocycles. The second kappa shape index (κ2) is 15.5. The van der Waals surface area contributed by atoms with Crippen molar-refractivity contribution in [3.8, 4) is 50.6 Å². The van der Waals surface area contributed by atoms with Crippen LogP contribution in [-0.2, 0) is 20.1 Å². The third-order valence-electron chi connectivity index (χ3n) is 9.47. The predicted molar refractivity (Wildman–Crippen MR) is 221 cm³/mol. The summed E-state index contributed by atoms with van der Waals surface area (Å²) in [6.45, 7) is -4.34. The van der Waals surface area contributed by atoms with Gasteiger partial charge in [0.25, 0.3) is 0 Å². The summed E-state index contributed by atoms with van der Waals surface area (Å²) in [6, 6.07) is 59.0. The molecule has 4 nitrogen and oxygen atoms in total. The van der Waals surface area contributed by atoms with Crippen molar-refractivity contribution in [3.63, 3.8) is 0 Å². The Morgan fingerprint density at radius 2 is 1.31 bits per heavy atom. The zero-order chi connectivity index (χ0) is 41.4. The average molecular weight is 892 g/mol. The Labute approximate surface area is 342 Å². The van der Waals surface area contributed by atoms with Crippen LogP contribution in [0.15, 0.2) is 180 Å². The molecule has 0 atom stereocenters. The van der Waals surface area contributed by atoms with Gasteiger partial charge in [-0.3, -0.25) is 4.98 Å². The molecule has 0 fully saturated rings. The molecule has 0 amide bonds. The maximum absolute atomic E-state index is 7.28. The maximum Gasteiger partial charge on any atom is 0.0774 e. The number of rotatable bonds is 5. The van der Waals surface area contributed by atoms with Crippen molar-refractivity contribution in [1.29, 1.82) is 0 Å². The van der Waals surface area contributed by atoms with Gasteiger partial charge in [0, 0.05) is 57.5 Å². The van der Waals surface area contributed by atoms with Gasteiger partial charge in [0.05, 0.1) is 22.5 Å². The smallest absolute Gasteiger partial charge is 0.0774 e. The quantitative estimate of drug-likeness (QED) is 0.162. The summed E-state index contributed by atoms with van der Waals surface area (Å²) in [7, 11) is 0. The number of nitrogens with zero attached hydrogens (tertiary/aromatic N) is 3. The largest absolute Gasteiger partial charge is 0.557 e. The van der Waals surface area contributed by atoms with Gasteiger partial charge in [-0.2, -0.15) is 0 Å². The maximum atomic E-state index is 7.28. The fraction of sp³-hybridized carbons (Fsp3) is 0.0400. The predicted octanol–water partition coefficient (Wildman–Crippen LogP) is 12.9. The molecule has 3 heterocycles. The van der Waals surface area contributed by atoms with E-state index in [1.54, 1.807) is 12.1 Å². The van der Waals surface area contributed by atoms with Crippen molar-refractivity contribution in [3.05, 3.63) is 200 Å². The molecule has 1 radical (unpaired) electrons. The van der Waals surface area contributed by atoms with E-state index in [9.17, 15) is 0 Å². The van der Waals surface area contributed by atoms with E-state index in [4.69, 9.17) is 17.6 Å². The zero-order valence-corrected chi connectivity index (χ0v) is 31.7. The van der Waals surface area contributed by atoms with Gasteiger partial charge in [-0.1, -0.05) is 151 Å². The van der Waals surface area contributed by atoms with Crippen molar-refractivity contribution in [2.75, 3.05) is 0 Å². The minimum Gasteiger partial charge on any atom is -0.557 e. The van der Waals surface area contributed by atoms with E-state index in [1.165, 1.54) is 24.4 Å². The second-order valence-corrected chi connectivity index (χ2v) is 12.9. The SMILES string of the molecule is [2H]C([2H])([2H])c1c[c-]c(-c2ccc(C([2H])([2H])[2H])cn2)cc1.[Ir].[c-]1oc2c(ccc3ccccc32)c1-c1nc2ccccc2n1-c1c(-c2ccccc2)cccc1-c1ccccc1. The number of aromatic nitrogens is 3. The van der Waals surface area contributed by atoms with E-state index in [0.29, 0.717) is 11.3 Å². The zero-order valence-electron chi connectivity index (χ0n) is 35.3. The minimum atomic E-state index is -2.18. The topological polar surface area (TPSA) is 43.9 Å². The third-order valence-corrected chi connectivity index (χ3v) is 9.47. The Kier molecular flexibility index (Phi) is 8.20. The van der Waals surface area contributed by atoms with Crippen LogP contribution in [0, 0.1) is 26.0 Å². The van der Waals surface area contributed by atoms with Crippen LogP contribution < -0.4 is 0 Å². The Balaban J connectivity index is 0.000000208. The van der Waals surface area contributed by atoms with E-state index in [-0.39, 0.29) is 31.2 Å². The summed E-state index contributed by atoms with van der Waals surface area (Å²) in [5.74, 6) is 0.802. The number of furan rings is 1. The number of aryl methyl sites for hydroxylation is 2. The van der Waals surface area contributed by atoms with Crippen LogP contribution in [0.3, 0.4) is 0 Å². The Morgan fingerprint density at radius 1 is 0.618 bits per heavy atom.